The zero-order valence-electron chi connectivity index (χ0n) is 19.6. The molecule has 0 aliphatic carbocycles. The molecule has 0 saturated heterocycles. The third-order valence-electron chi connectivity index (χ3n) is 5.50. The zero-order chi connectivity index (χ0) is 24.1. The van der Waals surface area contributed by atoms with E-state index in [1.807, 2.05) is 53.1 Å². The van der Waals surface area contributed by atoms with Crippen LogP contribution in [0.4, 0.5) is 5.69 Å². The van der Waals surface area contributed by atoms with Crippen molar-refractivity contribution < 1.29 is 4.79 Å². The van der Waals surface area contributed by atoms with Gasteiger partial charge < -0.3 is 5.32 Å². The first-order valence-corrected chi connectivity index (χ1v) is 13.0. The van der Waals surface area contributed by atoms with Crippen molar-refractivity contribution in [1.82, 2.24) is 14.8 Å². The second-order valence-corrected chi connectivity index (χ2v) is 10.3. The van der Waals surface area contributed by atoms with E-state index in [1.165, 1.54) is 27.8 Å². The van der Waals surface area contributed by atoms with E-state index in [9.17, 15) is 4.79 Å². The molecular formula is C27H28N4OS2. The molecule has 4 aromatic rings. The normalized spacial score (nSPS) is 11.1. The standard InChI is InChI=1S/C27H28N4OS2/c1-5-15-31-26(23-16-33-19(4)25(23)21-9-7-6-8-10-21)29-30-27(31)34-17-24(32)28-22-13-11-20(12-14-22)18(2)3/h5-14,16,18H,1,15,17H2,2-4H3,(H,28,32). The van der Waals surface area contributed by atoms with Crippen molar-refractivity contribution in [2.75, 3.05) is 11.1 Å². The fraction of sp³-hybridized carbons (Fsp3) is 0.222. The summed E-state index contributed by atoms with van der Waals surface area (Å²) in [5.74, 6) is 1.42. The molecule has 174 valence electrons. The van der Waals surface area contributed by atoms with Gasteiger partial charge in [-0.15, -0.1) is 28.1 Å². The lowest BCUT2D eigenvalue weighted by atomic mass is 10.0. The van der Waals surface area contributed by atoms with Gasteiger partial charge in [0.05, 0.1) is 5.75 Å². The Hall–Kier alpha value is -3.16. The predicted molar refractivity (Wildman–Crippen MR) is 144 cm³/mol. The van der Waals surface area contributed by atoms with Gasteiger partial charge in [0.25, 0.3) is 0 Å². The highest BCUT2D eigenvalue weighted by Crippen LogP contribution is 2.39. The van der Waals surface area contributed by atoms with Crippen molar-refractivity contribution in [3.05, 3.63) is 83.1 Å². The molecule has 0 radical (unpaired) electrons. The molecule has 2 heterocycles. The Morgan fingerprint density at radius 1 is 1.15 bits per heavy atom. The van der Waals surface area contributed by atoms with Crippen molar-refractivity contribution in [2.24, 2.45) is 0 Å². The third-order valence-corrected chi connectivity index (χ3v) is 7.38. The van der Waals surface area contributed by atoms with Crippen LogP contribution < -0.4 is 5.32 Å². The fourth-order valence-electron chi connectivity index (χ4n) is 3.75. The summed E-state index contributed by atoms with van der Waals surface area (Å²) in [4.78, 5) is 13.8. The molecule has 34 heavy (non-hydrogen) atoms. The lowest BCUT2D eigenvalue weighted by molar-refractivity contribution is -0.113. The summed E-state index contributed by atoms with van der Waals surface area (Å²) in [6, 6.07) is 18.3. The van der Waals surface area contributed by atoms with Gasteiger partial charge in [0.1, 0.15) is 0 Å². The number of nitrogens with one attached hydrogen (secondary N) is 1. The van der Waals surface area contributed by atoms with Crippen LogP contribution in [0.15, 0.2) is 77.8 Å². The minimum absolute atomic E-state index is 0.0756. The van der Waals surface area contributed by atoms with Crippen molar-refractivity contribution in [3.63, 3.8) is 0 Å². The van der Waals surface area contributed by atoms with Crippen LogP contribution in [0.2, 0.25) is 0 Å². The number of nitrogens with zero attached hydrogens (tertiary/aromatic N) is 3. The third kappa shape index (κ3) is 5.32. The average molecular weight is 489 g/mol. The van der Waals surface area contributed by atoms with E-state index >= 15 is 0 Å². The van der Waals surface area contributed by atoms with Crippen LogP contribution in [-0.4, -0.2) is 26.4 Å². The van der Waals surface area contributed by atoms with E-state index in [4.69, 9.17) is 0 Å². The first-order chi connectivity index (χ1) is 16.5. The number of allylic oxidation sites excluding steroid dienone is 1. The molecule has 5 nitrogen and oxygen atoms in total. The Morgan fingerprint density at radius 3 is 2.56 bits per heavy atom. The summed E-state index contributed by atoms with van der Waals surface area (Å²) in [5.41, 5.74) is 5.41. The number of anilines is 1. The summed E-state index contributed by atoms with van der Waals surface area (Å²) in [6.45, 7) is 10.9. The summed E-state index contributed by atoms with van der Waals surface area (Å²) < 4.78 is 2.02. The Balaban J connectivity index is 1.52. The van der Waals surface area contributed by atoms with Crippen molar-refractivity contribution >= 4 is 34.7 Å². The van der Waals surface area contributed by atoms with Crippen LogP contribution in [0.3, 0.4) is 0 Å². The van der Waals surface area contributed by atoms with Crippen molar-refractivity contribution in [2.45, 2.75) is 38.4 Å². The van der Waals surface area contributed by atoms with E-state index in [2.05, 4.69) is 60.4 Å². The van der Waals surface area contributed by atoms with Gasteiger partial charge in [0.2, 0.25) is 5.91 Å². The highest BCUT2D eigenvalue weighted by atomic mass is 32.2. The fourth-order valence-corrected chi connectivity index (χ4v) is 5.36. The molecule has 0 fully saturated rings. The maximum Gasteiger partial charge on any atom is 0.234 e. The summed E-state index contributed by atoms with van der Waals surface area (Å²) in [6.07, 6.45) is 1.83. The Kier molecular flexibility index (Phi) is 7.65. The number of amides is 1. The first kappa shape index (κ1) is 24.0. The van der Waals surface area contributed by atoms with Crippen LogP contribution in [-0.2, 0) is 11.3 Å². The van der Waals surface area contributed by atoms with Gasteiger partial charge in [-0.1, -0.05) is 74.1 Å². The Morgan fingerprint density at radius 2 is 1.88 bits per heavy atom. The van der Waals surface area contributed by atoms with Crippen LogP contribution >= 0.6 is 23.1 Å². The van der Waals surface area contributed by atoms with Gasteiger partial charge in [-0.05, 0) is 36.1 Å². The molecular weight excluding hydrogens is 460 g/mol. The molecule has 1 amide bonds. The van der Waals surface area contributed by atoms with E-state index in [1.54, 1.807) is 11.3 Å². The number of aromatic nitrogens is 3. The van der Waals surface area contributed by atoms with Gasteiger partial charge in [0.15, 0.2) is 11.0 Å². The lowest BCUT2D eigenvalue weighted by Gasteiger charge is -2.10. The molecule has 0 unspecified atom stereocenters. The van der Waals surface area contributed by atoms with Gasteiger partial charge >= 0.3 is 0 Å². The maximum absolute atomic E-state index is 12.6. The zero-order valence-corrected chi connectivity index (χ0v) is 21.2. The number of hydrogen-bond donors (Lipinski definition) is 1. The smallest absolute Gasteiger partial charge is 0.234 e. The number of hydrogen-bond acceptors (Lipinski definition) is 5. The van der Waals surface area contributed by atoms with E-state index in [0.29, 0.717) is 17.6 Å². The molecule has 7 heteroatoms. The van der Waals surface area contributed by atoms with Crippen molar-refractivity contribution in [3.8, 4) is 22.5 Å². The average Bonchev–Trinajstić information content (AvgIpc) is 3.41. The summed E-state index contributed by atoms with van der Waals surface area (Å²) >= 11 is 3.08. The van der Waals surface area contributed by atoms with Crippen LogP contribution in [0, 0.1) is 6.92 Å². The van der Waals surface area contributed by atoms with Gasteiger partial charge in [0, 0.05) is 33.6 Å². The molecule has 0 saturated carbocycles. The molecule has 2 aromatic heterocycles. The minimum Gasteiger partial charge on any atom is -0.325 e. The first-order valence-electron chi connectivity index (χ1n) is 11.2. The maximum atomic E-state index is 12.6. The largest absolute Gasteiger partial charge is 0.325 e. The number of aryl methyl sites for hydroxylation is 1. The number of carbonyl (C=O) groups excluding carboxylic acids is 1. The van der Waals surface area contributed by atoms with Gasteiger partial charge in [-0.3, -0.25) is 9.36 Å². The van der Waals surface area contributed by atoms with Crippen LogP contribution in [0.25, 0.3) is 22.5 Å². The molecule has 4 rings (SSSR count). The van der Waals surface area contributed by atoms with Gasteiger partial charge in [-0.2, -0.15) is 0 Å². The Labute approximate surface area is 208 Å². The second kappa shape index (κ2) is 10.8. The molecule has 0 spiro atoms. The highest BCUT2D eigenvalue weighted by Gasteiger charge is 2.20. The monoisotopic (exact) mass is 488 g/mol. The number of benzene rings is 2. The molecule has 0 aliphatic rings. The second-order valence-electron chi connectivity index (χ2n) is 8.27. The summed E-state index contributed by atoms with van der Waals surface area (Å²) in [7, 11) is 0. The SMILES string of the molecule is C=CCn1c(SCC(=O)Nc2ccc(C(C)C)cc2)nnc1-c1csc(C)c1-c1ccccc1. The molecule has 0 atom stereocenters. The highest BCUT2D eigenvalue weighted by molar-refractivity contribution is 7.99. The molecule has 1 N–H and O–H groups in total. The van der Waals surface area contributed by atoms with E-state index in [0.717, 1.165) is 22.6 Å². The Bertz CT molecular complexity index is 1270. The molecule has 0 bridgehead atoms. The number of thiophene rings is 1. The van der Waals surface area contributed by atoms with Crippen LogP contribution in [0.1, 0.15) is 30.2 Å². The summed E-state index contributed by atoms with van der Waals surface area (Å²) in [5, 5.41) is 14.7. The molecule has 0 aliphatic heterocycles. The van der Waals surface area contributed by atoms with E-state index in [-0.39, 0.29) is 11.7 Å². The quantitative estimate of drug-likeness (QED) is 0.203. The van der Waals surface area contributed by atoms with Crippen molar-refractivity contribution in [1.29, 1.82) is 0 Å². The van der Waals surface area contributed by atoms with Crippen LogP contribution in [0.5, 0.6) is 0 Å². The molecule has 2 aromatic carbocycles. The topological polar surface area (TPSA) is 59.8 Å². The number of rotatable bonds is 9. The van der Waals surface area contributed by atoms with Gasteiger partial charge in [-0.25, -0.2) is 0 Å². The van der Waals surface area contributed by atoms with E-state index < -0.39 is 0 Å². The lowest BCUT2D eigenvalue weighted by Crippen LogP contribution is -2.14. The number of thioether (sulfide) groups is 1. The minimum atomic E-state index is -0.0756. The number of carbonyl (C=O) groups is 1. The predicted octanol–water partition coefficient (Wildman–Crippen LogP) is 7.02.